The number of carbonyl (C=O) groups excluding carboxylic acids is 1. The summed E-state index contributed by atoms with van der Waals surface area (Å²) < 4.78 is 5.02. The zero-order chi connectivity index (χ0) is 10.8. The standard InChI is InChI=1S/C10H12BNO2S/c1-2-14-9(13)6-3-4-7-8(5-6)15-10(11)12-7/h6H,2-5H2,1H3. The van der Waals surface area contributed by atoms with Crippen LogP contribution in [0.5, 0.6) is 0 Å². The fraction of sp³-hybridized carbons (Fsp3) is 0.600. The van der Waals surface area contributed by atoms with Gasteiger partial charge in [0.2, 0.25) is 0 Å². The molecule has 5 heteroatoms. The molecule has 1 atom stereocenters. The van der Waals surface area contributed by atoms with Crippen molar-refractivity contribution in [1.29, 1.82) is 0 Å². The number of hydrogen-bond acceptors (Lipinski definition) is 4. The van der Waals surface area contributed by atoms with Gasteiger partial charge in [-0.25, -0.2) is 0 Å². The van der Waals surface area contributed by atoms with Gasteiger partial charge in [0.15, 0.2) is 7.85 Å². The lowest BCUT2D eigenvalue weighted by Crippen LogP contribution is -2.24. The summed E-state index contributed by atoms with van der Waals surface area (Å²) in [6.45, 7) is 2.28. The third-order valence-electron chi connectivity index (χ3n) is 2.58. The van der Waals surface area contributed by atoms with E-state index in [-0.39, 0.29) is 11.9 Å². The number of carbonyl (C=O) groups is 1. The fourth-order valence-electron chi connectivity index (χ4n) is 1.86. The van der Waals surface area contributed by atoms with Crippen molar-refractivity contribution in [2.24, 2.45) is 5.92 Å². The molecule has 0 fully saturated rings. The summed E-state index contributed by atoms with van der Waals surface area (Å²) in [6, 6.07) is 0. The van der Waals surface area contributed by atoms with Gasteiger partial charge in [-0.1, -0.05) is 0 Å². The van der Waals surface area contributed by atoms with Crippen LogP contribution in [0.15, 0.2) is 0 Å². The van der Waals surface area contributed by atoms with E-state index in [1.807, 2.05) is 6.92 Å². The number of hydrogen-bond donors (Lipinski definition) is 0. The number of nitrogens with zero attached hydrogens (tertiary/aromatic N) is 1. The van der Waals surface area contributed by atoms with Crippen LogP contribution in [0.1, 0.15) is 23.9 Å². The summed E-state index contributed by atoms with van der Waals surface area (Å²) in [5.41, 5.74) is 1.07. The first-order valence-electron chi connectivity index (χ1n) is 5.11. The van der Waals surface area contributed by atoms with Crippen molar-refractivity contribution < 1.29 is 9.53 Å². The highest BCUT2D eigenvalue weighted by Gasteiger charge is 2.27. The van der Waals surface area contributed by atoms with Crippen LogP contribution < -0.4 is 4.91 Å². The quantitative estimate of drug-likeness (QED) is 0.542. The predicted octanol–water partition coefficient (Wildman–Crippen LogP) is 0.605. The Morgan fingerprint density at radius 2 is 2.53 bits per heavy atom. The van der Waals surface area contributed by atoms with Crippen molar-refractivity contribution in [3.8, 4) is 0 Å². The number of rotatable bonds is 2. The Labute approximate surface area is 94.3 Å². The van der Waals surface area contributed by atoms with Gasteiger partial charge in [-0.3, -0.25) is 9.78 Å². The van der Waals surface area contributed by atoms with Gasteiger partial charge >= 0.3 is 5.97 Å². The highest BCUT2D eigenvalue weighted by molar-refractivity contribution is 7.19. The summed E-state index contributed by atoms with van der Waals surface area (Å²) in [5.74, 6) is -0.0904. The number of ether oxygens (including phenoxy) is 1. The molecule has 1 unspecified atom stereocenters. The minimum Gasteiger partial charge on any atom is -0.466 e. The zero-order valence-corrected chi connectivity index (χ0v) is 9.47. The molecule has 15 heavy (non-hydrogen) atoms. The van der Waals surface area contributed by atoms with E-state index in [0.717, 1.165) is 29.8 Å². The highest BCUT2D eigenvalue weighted by atomic mass is 32.1. The number of thiazole rings is 1. The lowest BCUT2D eigenvalue weighted by Gasteiger charge is -2.19. The Kier molecular flexibility index (Phi) is 3.10. The second-order valence-electron chi connectivity index (χ2n) is 3.61. The maximum absolute atomic E-state index is 11.5. The monoisotopic (exact) mass is 221 g/mol. The van der Waals surface area contributed by atoms with Crippen molar-refractivity contribution in [3.63, 3.8) is 0 Å². The molecule has 1 aromatic heterocycles. The number of esters is 1. The second-order valence-corrected chi connectivity index (χ2v) is 4.73. The van der Waals surface area contributed by atoms with E-state index < -0.39 is 0 Å². The Morgan fingerprint density at radius 1 is 1.73 bits per heavy atom. The maximum atomic E-state index is 11.5. The third-order valence-corrected chi connectivity index (χ3v) is 3.53. The third kappa shape index (κ3) is 2.22. The average Bonchev–Trinajstić information content (AvgIpc) is 2.57. The zero-order valence-electron chi connectivity index (χ0n) is 8.66. The average molecular weight is 221 g/mol. The van der Waals surface area contributed by atoms with E-state index in [0.29, 0.717) is 11.5 Å². The molecule has 0 saturated heterocycles. The number of aromatic nitrogens is 1. The SMILES string of the molecule is [B]c1nc2c(s1)CC(C(=O)OCC)CC2. The molecule has 0 N–H and O–H groups in total. The van der Waals surface area contributed by atoms with E-state index in [9.17, 15) is 4.79 Å². The molecule has 78 valence electrons. The molecule has 1 aliphatic rings. The summed E-state index contributed by atoms with van der Waals surface area (Å²) >= 11 is 1.49. The molecule has 0 aromatic carbocycles. The van der Waals surface area contributed by atoms with E-state index >= 15 is 0 Å². The van der Waals surface area contributed by atoms with Gasteiger partial charge in [-0.2, -0.15) is 0 Å². The molecule has 0 amide bonds. The van der Waals surface area contributed by atoms with E-state index in [4.69, 9.17) is 12.6 Å². The van der Waals surface area contributed by atoms with Gasteiger partial charge < -0.3 is 4.74 Å². The van der Waals surface area contributed by atoms with Crippen LogP contribution in [0.2, 0.25) is 0 Å². The minimum atomic E-state index is -0.0879. The van der Waals surface area contributed by atoms with Crippen LogP contribution in [-0.2, 0) is 22.4 Å². The largest absolute Gasteiger partial charge is 0.466 e. The molecule has 2 rings (SSSR count). The van der Waals surface area contributed by atoms with Gasteiger partial charge in [-0.15, -0.1) is 11.3 Å². The summed E-state index contributed by atoms with van der Waals surface area (Å²) in [7, 11) is 5.63. The molecule has 3 nitrogen and oxygen atoms in total. The normalized spacial score (nSPS) is 19.7. The molecule has 1 aromatic rings. The van der Waals surface area contributed by atoms with Crippen LogP contribution in [0.25, 0.3) is 0 Å². The molecule has 0 spiro atoms. The topological polar surface area (TPSA) is 39.2 Å². The first kappa shape index (κ1) is 10.7. The van der Waals surface area contributed by atoms with E-state index in [2.05, 4.69) is 4.98 Å². The molecule has 0 aliphatic heterocycles. The highest BCUT2D eigenvalue weighted by Crippen LogP contribution is 2.27. The van der Waals surface area contributed by atoms with Crippen LogP contribution >= 0.6 is 11.3 Å². The molecule has 0 saturated carbocycles. The van der Waals surface area contributed by atoms with Gasteiger partial charge in [-0.05, 0) is 26.2 Å². The molecular formula is C10H12BNO2S. The number of fused-ring (bicyclic) bond motifs is 1. The summed E-state index contributed by atoms with van der Waals surface area (Å²) in [4.78, 5) is 17.5. The van der Waals surface area contributed by atoms with Crippen molar-refractivity contribution in [3.05, 3.63) is 10.6 Å². The molecule has 2 radical (unpaired) electrons. The number of aryl methyl sites for hydroxylation is 1. The Hall–Kier alpha value is -0.835. The minimum absolute atomic E-state index is 0.00250. The van der Waals surface area contributed by atoms with Gasteiger partial charge in [0.25, 0.3) is 0 Å². The first-order chi connectivity index (χ1) is 7.20. The second kappa shape index (κ2) is 4.35. The molecule has 1 aliphatic carbocycles. The van der Waals surface area contributed by atoms with Gasteiger partial charge in [0.05, 0.1) is 18.2 Å². The molecule has 0 bridgehead atoms. The molecule has 1 heterocycles. The van der Waals surface area contributed by atoms with E-state index in [1.165, 1.54) is 11.3 Å². The lowest BCUT2D eigenvalue weighted by molar-refractivity contribution is -0.148. The van der Waals surface area contributed by atoms with Crippen molar-refractivity contribution in [2.45, 2.75) is 26.2 Å². The lowest BCUT2D eigenvalue weighted by atomic mass is 9.91. The van der Waals surface area contributed by atoms with Gasteiger partial charge in [0.1, 0.15) is 0 Å². The van der Waals surface area contributed by atoms with Crippen molar-refractivity contribution >= 4 is 30.1 Å². The maximum Gasteiger partial charge on any atom is 0.309 e. The smallest absolute Gasteiger partial charge is 0.309 e. The fourth-order valence-corrected chi connectivity index (χ4v) is 2.81. The molecular weight excluding hydrogens is 209 g/mol. The van der Waals surface area contributed by atoms with Crippen LogP contribution in [0.4, 0.5) is 0 Å². The van der Waals surface area contributed by atoms with Crippen LogP contribution in [-0.4, -0.2) is 25.4 Å². The Balaban J connectivity index is 2.08. The van der Waals surface area contributed by atoms with Crippen molar-refractivity contribution in [1.82, 2.24) is 4.98 Å². The predicted molar refractivity (Wildman–Crippen MR) is 59.7 cm³/mol. The van der Waals surface area contributed by atoms with E-state index in [1.54, 1.807) is 0 Å². The van der Waals surface area contributed by atoms with Crippen LogP contribution in [0.3, 0.4) is 0 Å². The summed E-state index contributed by atoms with van der Waals surface area (Å²) in [5, 5.41) is 0. The Morgan fingerprint density at radius 3 is 3.27 bits per heavy atom. The van der Waals surface area contributed by atoms with Crippen LogP contribution in [0, 0.1) is 5.92 Å². The van der Waals surface area contributed by atoms with Gasteiger partial charge in [0, 0.05) is 9.78 Å². The Bertz CT molecular complexity index is 377. The first-order valence-corrected chi connectivity index (χ1v) is 5.93. The van der Waals surface area contributed by atoms with Crippen molar-refractivity contribution in [2.75, 3.05) is 6.61 Å². The summed E-state index contributed by atoms with van der Waals surface area (Å²) in [6.07, 6.45) is 2.41.